The van der Waals surface area contributed by atoms with E-state index in [1.165, 1.54) is 7.11 Å². The standard InChI is InChI=1S/C23H24N2O6S/c1-4-15(2)31-21(26)13-25-22(27)20(32-23(25)28)12-17-5-6-18(19(11-17)29-3)30-14-16-7-9-24-10-8-16/h5-12,15H,4,13-14H2,1-3H3/b20-12+/t15-/m1/s1. The smallest absolute Gasteiger partial charge is 0.326 e. The van der Waals surface area contributed by atoms with E-state index in [9.17, 15) is 14.4 Å². The summed E-state index contributed by atoms with van der Waals surface area (Å²) in [5.74, 6) is -0.107. The molecule has 3 rings (SSSR count). The van der Waals surface area contributed by atoms with E-state index in [2.05, 4.69) is 4.98 Å². The Balaban J connectivity index is 1.70. The lowest BCUT2D eigenvalue weighted by atomic mass is 10.2. The summed E-state index contributed by atoms with van der Waals surface area (Å²) >= 11 is 0.781. The van der Waals surface area contributed by atoms with Gasteiger partial charge in [-0.2, -0.15) is 0 Å². The van der Waals surface area contributed by atoms with Crippen molar-refractivity contribution in [3.63, 3.8) is 0 Å². The molecule has 0 radical (unpaired) electrons. The zero-order chi connectivity index (χ0) is 23.1. The van der Waals surface area contributed by atoms with Crippen molar-refractivity contribution >= 4 is 35.0 Å². The largest absolute Gasteiger partial charge is 0.493 e. The van der Waals surface area contributed by atoms with Gasteiger partial charge in [-0.05, 0) is 66.6 Å². The Labute approximate surface area is 190 Å². The molecule has 1 saturated heterocycles. The van der Waals surface area contributed by atoms with Gasteiger partial charge in [-0.1, -0.05) is 13.0 Å². The monoisotopic (exact) mass is 456 g/mol. The van der Waals surface area contributed by atoms with Crippen LogP contribution >= 0.6 is 11.8 Å². The van der Waals surface area contributed by atoms with Crippen LogP contribution in [0.4, 0.5) is 4.79 Å². The summed E-state index contributed by atoms with van der Waals surface area (Å²) in [6, 6.07) is 8.92. The van der Waals surface area contributed by atoms with E-state index in [0.717, 1.165) is 22.2 Å². The molecule has 1 aromatic heterocycles. The summed E-state index contributed by atoms with van der Waals surface area (Å²) in [5, 5.41) is -0.508. The number of hydrogen-bond donors (Lipinski definition) is 0. The molecule has 0 bridgehead atoms. The number of hydrogen-bond acceptors (Lipinski definition) is 8. The second-order valence-corrected chi connectivity index (χ2v) is 8.02. The summed E-state index contributed by atoms with van der Waals surface area (Å²) in [6.45, 7) is 3.58. The second-order valence-electron chi connectivity index (χ2n) is 7.03. The van der Waals surface area contributed by atoms with Crippen molar-refractivity contribution < 1.29 is 28.6 Å². The highest BCUT2D eigenvalue weighted by Crippen LogP contribution is 2.34. The van der Waals surface area contributed by atoms with Gasteiger partial charge in [0.05, 0.1) is 18.1 Å². The minimum absolute atomic E-state index is 0.221. The number of methoxy groups -OCH3 is 1. The molecule has 1 aliphatic rings. The summed E-state index contributed by atoms with van der Waals surface area (Å²) in [5.41, 5.74) is 1.62. The molecule has 2 aromatic rings. The average Bonchev–Trinajstić information content (AvgIpc) is 3.05. The first-order valence-corrected chi connectivity index (χ1v) is 10.9. The Hall–Kier alpha value is -3.33. The van der Waals surface area contributed by atoms with Crippen LogP contribution in [0.25, 0.3) is 6.08 Å². The van der Waals surface area contributed by atoms with E-state index in [-0.39, 0.29) is 11.0 Å². The molecule has 168 valence electrons. The maximum absolute atomic E-state index is 12.6. The Morgan fingerprint density at radius 2 is 1.94 bits per heavy atom. The molecule has 0 unspecified atom stereocenters. The number of pyridine rings is 1. The fourth-order valence-electron chi connectivity index (χ4n) is 2.80. The number of esters is 1. The first-order chi connectivity index (χ1) is 15.4. The fraction of sp³-hybridized carbons (Fsp3) is 0.304. The van der Waals surface area contributed by atoms with Gasteiger partial charge in [0.2, 0.25) is 0 Å². The molecule has 1 fully saturated rings. The predicted molar refractivity (Wildman–Crippen MR) is 120 cm³/mol. The number of ether oxygens (including phenoxy) is 3. The van der Waals surface area contributed by atoms with E-state index in [0.29, 0.717) is 30.1 Å². The zero-order valence-electron chi connectivity index (χ0n) is 18.1. The normalized spacial score (nSPS) is 15.7. The molecule has 1 aliphatic heterocycles. The quantitative estimate of drug-likeness (QED) is 0.412. The average molecular weight is 457 g/mol. The summed E-state index contributed by atoms with van der Waals surface area (Å²) in [6.07, 6.45) is 5.34. The van der Waals surface area contributed by atoms with Gasteiger partial charge in [-0.15, -0.1) is 0 Å². The third kappa shape index (κ3) is 5.88. The van der Waals surface area contributed by atoms with Gasteiger partial charge >= 0.3 is 5.97 Å². The van der Waals surface area contributed by atoms with Gasteiger partial charge < -0.3 is 14.2 Å². The van der Waals surface area contributed by atoms with Crippen LogP contribution in [-0.4, -0.2) is 46.8 Å². The Morgan fingerprint density at radius 1 is 1.19 bits per heavy atom. The number of nitrogens with zero attached hydrogens (tertiary/aromatic N) is 2. The molecule has 0 spiro atoms. The van der Waals surface area contributed by atoms with Crippen LogP contribution in [0.2, 0.25) is 0 Å². The lowest BCUT2D eigenvalue weighted by molar-refractivity contribution is -0.150. The van der Waals surface area contributed by atoms with Crippen LogP contribution in [0.3, 0.4) is 0 Å². The summed E-state index contributed by atoms with van der Waals surface area (Å²) in [4.78, 5) is 41.9. The lowest BCUT2D eigenvalue weighted by Gasteiger charge is -2.14. The fourth-order valence-corrected chi connectivity index (χ4v) is 3.63. The van der Waals surface area contributed by atoms with E-state index >= 15 is 0 Å². The van der Waals surface area contributed by atoms with Gasteiger partial charge in [0, 0.05) is 12.4 Å². The molecule has 1 aromatic carbocycles. The van der Waals surface area contributed by atoms with E-state index < -0.39 is 23.7 Å². The Kier molecular flexibility index (Phi) is 7.88. The van der Waals surface area contributed by atoms with Gasteiger partial charge in [0.25, 0.3) is 11.1 Å². The Bertz CT molecular complexity index is 1020. The van der Waals surface area contributed by atoms with Crippen LogP contribution in [0.5, 0.6) is 11.5 Å². The molecule has 8 nitrogen and oxygen atoms in total. The molecule has 0 N–H and O–H groups in total. The van der Waals surface area contributed by atoms with Crippen LogP contribution in [0.15, 0.2) is 47.6 Å². The number of rotatable bonds is 9. The van der Waals surface area contributed by atoms with Crippen LogP contribution in [-0.2, 0) is 20.9 Å². The van der Waals surface area contributed by atoms with Crippen molar-refractivity contribution in [1.29, 1.82) is 0 Å². The van der Waals surface area contributed by atoms with Crippen molar-refractivity contribution in [3.8, 4) is 11.5 Å². The van der Waals surface area contributed by atoms with Crippen LogP contribution in [0, 0.1) is 0 Å². The minimum atomic E-state index is -0.611. The first kappa shape index (κ1) is 23.3. The predicted octanol–water partition coefficient (Wildman–Crippen LogP) is 4.05. The number of carbonyl (C=O) groups is 3. The number of aromatic nitrogens is 1. The molecule has 0 saturated carbocycles. The zero-order valence-corrected chi connectivity index (χ0v) is 18.9. The number of carbonyl (C=O) groups excluding carboxylic acids is 3. The molecular formula is C23H24N2O6S. The highest BCUT2D eigenvalue weighted by atomic mass is 32.2. The lowest BCUT2D eigenvalue weighted by Crippen LogP contribution is -2.35. The highest BCUT2D eigenvalue weighted by molar-refractivity contribution is 8.18. The molecule has 0 aliphatic carbocycles. The van der Waals surface area contributed by atoms with Gasteiger partial charge in [-0.25, -0.2) is 0 Å². The number of benzene rings is 1. The molecule has 32 heavy (non-hydrogen) atoms. The topological polar surface area (TPSA) is 95.0 Å². The Morgan fingerprint density at radius 3 is 2.62 bits per heavy atom. The molecular weight excluding hydrogens is 432 g/mol. The van der Waals surface area contributed by atoms with Crippen molar-refractivity contribution in [2.24, 2.45) is 0 Å². The maximum Gasteiger partial charge on any atom is 0.326 e. The summed E-state index contributed by atoms with van der Waals surface area (Å²) < 4.78 is 16.4. The third-order valence-corrected chi connectivity index (χ3v) is 5.60. The van der Waals surface area contributed by atoms with Crippen molar-refractivity contribution in [2.45, 2.75) is 33.0 Å². The SMILES string of the molecule is CC[C@@H](C)OC(=O)CN1C(=O)S/C(=C/c2ccc(OCc3ccncc3)c(OC)c2)C1=O. The van der Waals surface area contributed by atoms with Crippen molar-refractivity contribution in [3.05, 3.63) is 58.8 Å². The van der Waals surface area contributed by atoms with Gasteiger partial charge in [0.1, 0.15) is 13.2 Å². The van der Waals surface area contributed by atoms with Crippen LogP contribution in [0.1, 0.15) is 31.4 Å². The first-order valence-electron chi connectivity index (χ1n) is 10.1. The van der Waals surface area contributed by atoms with Crippen molar-refractivity contribution in [2.75, 3.05) is 13.7 Å². The summed E-state index contributed by atoms with van der Waals surface area (Å²) in [7, 11) is 1.52. The van der Waals surface area contributed by atoms with Gasteiger partial charge in [0.15, 0.2) is 11.5 Å². The van der Waals surface area contributed by atoms with Crippen LogP contribution < -0.4 is 9.47 Å². The number of imide groups is 1. The van der Waals surface area contributed by atoms with E-state index in [1.807, 2.05) is 19.1 Å². The van der Waals surface area contributed by atoms with Crippen molar-refractivity contribution in [1.82, 2.24) is 9.88 Å². The molecule has 2 amide bonds. The highest BCUT2D eigenvalue weighted by Gasteiger charge is 2.36. The number of thioether (sulfide) groups is 1. The number of amides is 2. The second kappa shape index (κ2) is 10.8. The molecule has 1 atom stereocenters. The maximum atomic E-state index is 12.6. The van der Waals surface area contributed by atoms with E-state index in [1.54, 1.807) is 43.6 Å². The third-order valence-electron chi connectivity index (χ3n) is 4.70. The molecule has 9 heteroatoms. The molecule has 2 heterocycles. The minimum Gasteiger partial charge on any atom is -0.493 e. The van der Waals surface area contributed by atoms with E-state index in [4.69, 9.17) is 14.2 Å². The van der Waals surface area contributed by atoms with Gasteiger partial charge in [-0.3, -0.25) is 24.3 Å².